The van der Waals surface area contributed by atoms with Gasteiger partial charge in [0, 0.05) is 6.54 Å². The maximum absolute atomic E-state index is 10.5. The van der Waals surface area contributed by atoms with Gasteiger partial charge in [0.05, 0.1) is 13.2 Å². The molecule has 0 radical (unpaired) electrons. The van der Waals surface area contributed by atoms with Crippen LogP contribution in [0.15, 0.2) is 0 Å². The van der Waals surface area contributed by atoms with Crippen LogP contribution in [-0.4, -0.2) is 31.0 Å². The Balaban J connectivity index is 2.00. The molecule has 1 aliphatic rings. The molecule has 1 amide bonds. The molecule has 4 nitrogen and oxygen atoms in total. The number of ether oxygens (including phenoxy) is 1. The molecule has 0 heterocycles. The Morgan fingerprint density at radius 1 is 1.73 bits per heavy atom. The molecule has 0 atom stereocenters. The number of rotatable bonds is 2. The average Bonchev–Trinajstić information content (AvgIpc) is 1.95. The molecule has 1 aliphatic carbocycles. The van der Waals surface area contributed by atoms with E-state index in [1.54, 1.807) is 0 Å². The molecule has 11 heavy (non-hydrogen) atoms. The Labute approximate surface area is 65.5 Å². The number of methoxy groups -OCH3 is 1. The summed E-state index contributed by atoms with van der Waals surface area (Å²) in [5.74, 6) is 0.434. The summed E-state index contributed by atoms with van der Waals surface area (Å²) >= 11 is 0. The lowest BCUT2D eigenvalue weighted by atomic mass is 9.82. The lowest BCUT2D eigenvalue weighted by Gasteiger charge is -2.30. The minimum absolute atomic E-state index is 0.153. The van der Waals surface area contributed by atoms with E-state index in [0.29, 0.717) is 12.5 Å². The number of carbonyl (C=O) groups excluding carboxylic acids is 1. The van der Waals surface area contributed by atoms with Crippen LogP contribution >= 0.6 is 0 Å². The fraction of sp³-hybridized carbons (Fsp3) is 0.857. The highest BCUT2D eigenvalue weighted by Crippen LogP contribution is 2.25. The smallest absolute Gasteiger partial charge is 0.406 e. The highest BCUT2D eigenvalue weighted by molar-refractivity contribution is 5.66. The molecule has 0 aromatic carbocycles. The summed E-state index contributed by atoms with van der Waals surface area (Å²) in [6.07, 6.45) is 1.04. The number of alkyl carbamates (subject to hydrolysis) is 1. The summed E-state index contributed by atoms with van der Waals surface area (Å²) in [4.78, 5) is 10.5. The predicted molar refractivity (Wildman–Crippen MR) is 39.1 cm³/mol. The van der Waals surface area contributed by atoms with Gasteiger partial charge in [0.1, 0.15) is 0 Å². The van der Waals surface area contributed by atoms with Crippen LogP contribution < -0.4 is 5.32 Å². The number of carbonyl (C=O) groups is 1. The molecule has 64 valence electrons. The van der Waals surface area contributed by atoms with Crippen LogP contribution in [0.1, 0.15) is 12.8 Å². The Hall–Kier alpha value is -0.770. The molecular formula is C7H13NO3. The molecule has 0 bridgehead atoms. The maximum atomic E-state index is 10.5. The normalized spacial score (nSPS) is 28.9. The molecule has 1 saturated carbocycles. The van der Waals surface area contributed by atoms with E-state index in [0.717, 1.165) is 12.8 Å². The number of hydrogen-bond acceptors (Lipinski definition) is 3. The zero-order valence-corrected chi connectivity index (χ0v) is 6.54. The lowest BCUT2D eigenvalue weighted by Crippen LogP contribution is -2.38. The molecule has 2 N–H and O–H groups in total. The second kappa shape index (κ2) is 3.57. The molecule has 4 heteroatoms. The Morgan fingerprint density at radius 2 is 2.36 bits per heavy atom. The largest absolute Gasteiger partial charge is 0.453 e. The van der Waals surface area contributed by atoms with Crippen LogP contribution in [-0.2, 0) is 4.74 Å². The highest BCUT2D eigenvalue weighted by atomic mass is 16.5. The maximum Gasteiger partial charge on any atom is 0.406 e. The van der Waals surface area contributed by atoms with E-state index in [2.05, 4.69) is 10.1 Å². The Bertz CT molecular complexity index is 143. The van der Waals surface area contributed by atoms with Gasteiger partial charge >= 0.3 is 6.09 Å². The van der Waals surface area contributed by atoms with Crippen molar-refractivity contribution >= 4 is 6.09 Å². The monoisotopic (exact) mass is 159 g/mol. The second-order valence-electron chi connectivity index (χ2n) is 2.86. The van der Waals surface area contributed by atoms with E-state index in [-0.39, 0.29) is 6.10 Å². The van der Waals surface area contributed by atoms with Gasteiger partial charge in [-0.2, -0.15) is 0 Å². The van der Waals surface area contributed by atoms with Crippen molar-refractivity contribution in [3.05, 3.63) is 0 Å². The summed E-state index contributed by atoms with van der Waals surface area (Å²) in [5.41, 5.74) is 0. The van der Waals surface area contributed by atoms with Crippen LogP contribution in [0.3, 0.4) is 0 Å². The fourth-order valence-electron chi connectivity index (χ4n) is 1.17. The third-order valence-corrected chi connectivity index (χ3v) is 1.93. The zero-order chi connectivity index (χ0) is 8.27. The molecule has 0 aromatic heterocycles. The van der Waals surface area contributed by atoms with Crippen molar-refractivity contribution in [2.75, 3.05) is 13.7 Å². The van der Waals surface area contributed by atoms with E-state index in [1.807, 2.05) is 0 Å². The minimum Gasteiger partial charge on any atom is -0.453 e. The van der Waals surface area contributed by atoms with E-state index >= 15 is 0 Å². The van der Waals surface area contributed by atoms with Gasteiger partial charge in [0.25, 0.3) is 0 Å². The summed E-state index contributed by atoms with van der Waals surface area (Å²) < 4.78 is 4.38. The SMILES string of the molecule is COC(=O)NC[C@H]1C[C@H](O)C1. The van der Waals surface area contributed by atoms with Crippen LogP contribution in [0, 0.1) is 5.92 Å². The minimum atomic E-state index is -0.397. The standard InChI is InChI=1S/C7H13NO3/c1-11-7(10)8-4-5-2-6(9)3-5/h5-6,9H,2-4H2,1H3,(H,8,10)/t5-,6-. The van der Waals surface area contributed by atoms with Gasteiger partial charge in [-0.05, 0) is 18.8 Å². The van der Waals surface area contributed by atoms with Crippen molar-refractivity contribution in [3.8, 4) is 0 Å². The molecular weight excluding hydrogens is 146 g/mol. The first-order valence-electron chi connectivity index (χ1n) is 3.72. The second-order valence-corrected chi connectivity index (χ2v) is 2.86. The molecule has 1 fully saturated rings. The first kappa shape index (κ1) is 8.33. The van der Waals surface area contributed by atoms with E-state index in [9.17, 15) is 4.79 Å². The van der Waals surface area contributed by atoms with E-state index in [1.165, 1.54) is 7.11 Å². The van der Waals surface area contributed by atoms with Gasteiger partial charge in [-0.25, -0.2) is 4.79 Å². The van der Waals surface area contributed by atoms with Crippen molar-refractivity contribution in [2.45, 2.75) is 18.9 Å². The van der Waals surface area contributed by atoms with Crippen molar-refractivity contribution < 1.29 is 14.6 Å². The van der Waals surface area contributed by atoms with Crippen LogP contribution in [0.25, 0.3) is 0 Å². The third-order valence-electron chi connectivity index (χ3n) is 1.93. The molecule has 0 saturated heterocycles. The van der Waals surface area contributed by atoms with Crippen LogP contribution in [0.4, 0.5) is 4.79 Å². The van der Waals surface area contributed by atoms with Crippen molar-refractivity contribution in [1.29, 1.82) is 0 Å². The molecule has 0 aromatic rings. The Kier molecular flexibility index (Phi) is 2.70. The topological polar surface area (TPSA) is 58.6 Å². The molecule has 0 spiro atoms. The predicted octanol–water partition coefficient (Wildman–Crippen LogP) is 0.113. The number of hydrogen-bond donors (Lipinski definition) is 2. The third kappa shape index (κ3) is 2.38. The van der Waals surface area contributed by atoms with Crippen molar-refractivity contribution in [2.24, 2.45) is 5.92 Å². The summed E-state index contributed by atoms with van der Waals surface area (Å²) in [6, 6.07) is 0. The van der Waals surface area contributed by atoms with Crippen LogP contribution in [0.5, 0.6) is 0 Å². The number of aliphatic hydroxyl groups is 1. The quantitative estimate of drug-likeness (QED) is 0.601. The first-order valence-corrected chi connectivity index (χ1v) is 3.72. The molecule has 0 unspecified atom stereocenters. The fourth-order valence-corrected chi connectivity index (χ4v) is 1.17. The first-order chi connectivity index (χ1) is 5.22. The van der Waals surface area contributed by atoms with Gasteiger partial charge in [-0.1, -0.05) is 0 Å². The van der Waals surface area contributed by atoms with Crippen LogP contribution in [0.2, 0.25) is 0 Å². The summed E-state index contributed by atoms with van der Waals surface area (Å²) in [6.45, 7) is 0.615. The highest BCUT2D eigenvalue weighted by Gasteiger charge is 2.27. The number of aliphatic hydroxyl groups excluding tert-OH is 1. The lowest BCUT2D eigenvalue weighted by molar-refractivity contribution is 0.0426. The number of nitrogens with one attached hydrogen (secondary N) is 1. The molecule has 0 aliphatic heterocycles. The van der Waals surface area contributed by atoms with Gasteiger partial charge < -0.3 is 15.2 Å². The molecule has 1 rings (SSSR count). The van der Waals surface area contributed by atoms with Crippen molar-refractivity contribution in [3.63, 3.8) is 0 Å². The van der Waals surface area contributed by atoms with Gasteiger partial charge in [-0.3, -0.25) is 0 Å². The Morgan fingerprint density at radius 3 is 2.82 bits per heavy atom. The van der Waals surface area contributed by atoms with E-state index < -0.39 is 6.09 Å². The summed E-state index contributed by atoms with van der Waals surface area (Å²) in [7, 11) is 1.34. The van der Waals surface area contributed by atoms with Gasteiger partial charge in [0.15, 0.2) is 0 Å². The van der Waals surface area contributed by atoms with E-state index in [4.69, 9.17) is 5.11 Å². The summed E-state index contributed by atoms with van der Waals surface area (Å²) in [5, 5.41) is 11.5. The van der Waals surface area contributed by atoms with Crippen molar-refractivity contribution in [1.82, 2.24) is 5.32 Å². The van der Waals surface area contributed by atoms with Gasteiger partial charge in [0.2, 0.25) is 0 Å². The average molecular weight is 159 g/mol. The zero-order valence-electron chi connectivity index (χ0n) is 6.54. The number of amides is 1. The van der Waals surface area contributed by atoms with Gasteiger partial charge in [-0.15, -0.1) is 0 Å².